The Morgan fingerprint density at radius 1 is 0.750 bits per heavy atom. The zero-order chi connectivity index (χ0) is 21.7. The summed E-state index contributed by atoms with van der Waals surface area (Å²) >= 11 is 0. The van der Waals surface area contributed by atoms with Crippen molar-refractivity contribution in [1.82, 2.24) is 0 Å². The quantitative estimate of drug-likeness (QED) is 0.546. The molecule has 5 fully saturated rings. The van der Waals surface area contributed by atoms with E-state index in [0.717, 1.165) is 23.7 Å². The van der Waals surface area contributed by atoms with Crippen LogP contribution in [0.2, 0.25) is 0 Å². The lowest BCUT2D eigenvalue weighted by molar-refractivity contribution is -0.0820. The first-order valence-electron chi connectivity index (χ1n) is 12.9. The zero-order valence-electron chi connectivity index (χ0n) is 19.8. The van der Waals surface area contributed by atoms with Gasteiger partial charge in [-0.15, -0.1) is 0 Å². The molecule has 3 heteroatoms. The van der Waals surface area contributed by atoms with Crippen molar-refractivity contribution in [3.05, 3.63) is 53.6 Å². The molecular formula is C29H33BO2. The van der Waals surface area contributed by atoms with Crippen molar-refractivity contribution in [1.29, 1.82) is 0 Å². The Balaban J connectivity index is 1.36. The largest absolute Gasteiger partial charge is 0.495 e. The van der Waals surface area contributed by atoms with Gasteiger partial charge >= 0.3 is 7.12 Å². The van der Waals surface area contributed by atoms with Crippen molar-refractivity contribution in [3.63, 3.8) is 0 Å². The summed E-state index contributed by atoms with van der Waals surface area (Å²) in [6, 6.07) is 16.4. The summed E-state index contributed by atoms with van der Waals surface area (Å²) in [5.41, 5.74) is 7.58. The van der Waals surface area contributed by atoms with Crippen LogP contribution in [0.1, 0.15) is 70.9 Å². The topological polar surface area (TPSA) is 18.5 Å². The first-order valence-corrected chi connectivity index (χ1v) is 12.9. The molecule has 8 rings (SSSR count). The lowest BCUT2D eigenvalue weighted by Crippen LogP contribution is -2.62. The molecule has 2 aromatic carbocycles. The van der Waals surface area contributed by atoms with Crippen molar-refractivity contribution >= 4 is 12.6 Å². The lowest BCUT2D eigenvalue weighted by Gasteiger charge is -2.64. The van der Waals surface area contributed by atoms with Crippen LogP contribution in [0.5, 0.6) is 0 Å². The van der Waals surface area contributed by atoms with Crippen LogP contribution in [0.15, 0.2) is 42.5 Å². The molecule has 0 amide bonds. The number of benzene rings is 2. The maximum Gasteiger partial charge on any atom is 0.495 e. The summed E-state index contributed by atoms with van der Waals surface area (Å²) in [5.74, 6) is 3.61. The number of rotatable bonds is 1. The molecule has 3 bridgehead atoms. The second kappa shape index (κ2) is 5.39. The third-order valence-corrected chi connectivity index (χ3v) is 11.3. The molecule has 4 saturated carbocycles. The van der Waals surface area contributed by atoms with Crippen LogP contribution in [0.25, 0.3) is 11.1 Å². The van der Waals surface area contributed by atoms with Gasteiger partial charge in [-0.05, 0) is 117 Å². The van der Waals surface area contributed by atoms with Crippen LogP contribution in [0.3, 0.4) is 0 Å². The van der Waals surface area contributed by atoms with Gasteiger partial charge in [-0.2, -0.15) is 0 Å². The van der Waals surface area contributed by atoms with Crippen molar-refractivity contribution in [2.75, 3.05) is 0 Å². The normalized spacial score (nSPS) is 42.8. The monoisotopic (exact) mass is 424 g/mol. The molecule has 2 spiro atoms. The Morgan fingerprint density at radius 2 is 1.38 bits per heavy atom. The van der Waals surface area contributed by atoms with Crippen LogP contribution in [0.4, 0.5) is 0 Å². The molecule has 4 unspecified atom stereocenters. The van der Waals surface area contributed by atoms with Gasteiger partial charge in [0, 0.05) is 5.41 Å². The first kappa shape index (κ1) is 18.8. The maximum absolute atomic E-state index is 6.58. The number of hydrogen-bond acceptors (Lipinski definition) is 2. The summed E-state index contributed by atoms with van der Waals surface area (Å²) in [6.07, 6.45) is 7.42. The van der Waals surface area contributed by atoms with Gasteiger partial charge in [0.25, 0.3) is 0 Å². The van der Waals surface area contributed by atoms with E-state index in [9.17, 15) is 0 Å². The summed E-state index contributed by atoms with van der Waals surface area (Å²) < 4.78 is 13.2. The van der Waals surface area contributed by atoms with Gasteiger partial charge in [-0.25, -0.2) is 0 Å². The Hall–Kier alpha value is -1.58. The van der Waals surface area contributed by atoms with Crippen LogP contribution in [-0.4, -0.2) is 18.3 Å². The predicted octanol–water partition coefficient (Wildman–Crippen LogP) is 5.71. The molecule has 0 radical (unpaired) electrons. The predicted molar refractivity (Wildman–Crippen MR) is 128 cm³/mol. The molecule has 1 saturated heterocycles. The molecule has 164 valence electrons. The minimum Gasteiger partial charge on any atom is -0.399 e. The minimum atomic E-state index is -0.319. The highest BCUT2D eigenvalue weighted by molar-refractivity contribution is 6.64. The smallest absolute Gasteiger partial charge is 0.399 e. The fourth-order valence-electron chi connectivity index (χ4n) is 9.87. The van der Waals surface area contributed by atoms with Crippen molar-refractivity contribution in [2.45, 2.75) is 76.4 Å². The number of fused-ring (bicyclic) bond motifs is 9. The van der Waals surface area contributed by atoms with E-state index in [1.807, 2.05) is 0 Å². The average Bonchev–Trinajstić information content (AvgIpc) is 3.35. The molecule has 1 aliphatic heterocycles. The first-order chi connectivity index (χ1) is 15.3. The van der Waals surface area contributed by atoms with E-state index in [-0.39, 0.29) is 23.7 Å². The second-order valence-corrected chi connectivity index (χ2v) is 13.0. The van der Waals surface area contributed by atoms with E-state index in [4.69, 9.17) is 9.31 Å². The van der Waals surface area contributed by atoms with Gasteiger partial charge in [0.05, 0.1) is 11.2 Å². The summed E-state index contributed by atoms with van der Waals surface area (Å²) in [7, 11) is -0.302. The molecule has 0 aromatic heterocycles. The molecule has 5 aliphatic carbocycles. The van der Waals surface area contributed by atoms with Crippen LogP contribution in [0, 0.1) is 29.1 Å². The van der Waals surface area contributed by atoms with E-state index in [1.165, 1.54) is 48.7 Å². The van der Waals surface area contributed by atoms with Gasteiger partial charge in [-0.1, -0.05) is 42.5 Å². The van der Waals surface area contributed by atoms with E-state index in [2.05, 4.69) is 70.2 Å². The molecule has 6 aliphatic rings. The SMILES string of the molecule is CC1(C)OB(c2cccc3c2-c2ccccc2C32C3CC4CC5CC2C3(C4)C5)OC1(C)C. The highest BCUT2D eigenvalue weighted by atomic mass is 16.7. The molecular weight excluding hydrogens is 391 g/mol. The van der Waals surface area contributed by atoms with E-state index >= 15 is 0 Å². The Bertz CT molecular complexity index is 1140. The minimum absolute atomic E-state index is 0.232. The van der Waals surface area contributed by atoms with Crippen LogP contribution in [-0.2, 0) is 14.7 Å². The summed E-state index contributed by atoms with van der Waals surface area (Å²) in [5, 5.41) is 0. The molecule has 0 N–H and O–H groups in total. The Kier molecular flexibility index (Phi) is 3.17. The van der Waals surface area contributed by atoms with Gasteiger partial charge in [-0.3, -0.25) is 0 Å². The fraction of sp³-hybridized carbons (Fsp3) is 0.586. The van der Waals surface area contributed by atoms with Crippen LogP contribution >= 0.6 is 0 Å². The highest BCUT2D eigenvalue weighted by Crippen LogP contribution is 2.85. The van der Waals surface area contributed by atoms with Crippen molar-refractivity contribution < 1.29 is 9.31 Å². The number of hydrogen-bond donors (Lipinski definition) is 0. The molecule has 1 heterocycles. The Labute approximate surface area is 192 Å². The highest BCUT2D eigenvalue weighted by Gasteiger charge is 2.79. The van der Waals surface area contributed by atoms with Gasteiger partial charge < -0.3 is 9.31 Å². The molecule has 32 heavy (non-hydrogen) atoms. The van der Waals surface area contributed by atoms with E-state index < -0.39 is 0 Å². The maximum atomic E-state index is 6.58. The van der Waals surface area contributed by atoms with Gasteiger partial charge in [0.1, 0.15) is 0 Å². The lowest BCUT2D eigenvalue weighted by atomic mass is 9.38. The van der Waals surface area contributed by atoms with E-state index in [0.29, 0.717) is 5.41 Å². The van der Waals surface area contributed by atoms with Crippen molar-refractivity contribution in [3.8, 4) is 11.1 Å². The third kappa shape index (κ3) is 1.82. The van der Waals surface area contributed by atoms with Gasteiger partial charge in [0.2, 0.25) is 0 Å². The van der Waals surface area contributed by atoms with E-state index in [1.54, 1.807) is 11.1 Å². The molecule has 2 nitrogen and oxygen atoms in total. The van der Waals surface area contributed by atoms with Crippen molar-refractivity contribution in [2.24, 2.45) is 29.1 Å². The molecule has 4 atom stereocenters. The average molecular weight is 424 g/mol. The zero-order valence-corrected chi connectivity index (χ0v) is 19.8. The summed E-state index contributed by atoms with van der Waals surface area (Å²) in [6.45, 7) is 8.65. The standard InChI is InChI=1S/C29H33BO2/c1-26(2)27(3,4)32-30(31-26)22-11-7-10-21-25(22)19-8-5-6-9-20(19)29(21)23-13-17-12-18-14-24(29)28(23,15-17)16-18/h5-11,17-18,23-24H,12-16H2,1-4H3. The third-order valence-electron chi connectivity index (χ3n) is 11.3. The van der Waals surface area contributed by atoms with Crippen LogP contribution < -0.4 is 5.46 Å². The Morgan fingerprint density at radius 3 is 2.06 bits per heavy atom. The fourth-order valence-corrected chi connectivity index (χ4v) is 9.87. The summed E-state index contributed by atoms with van der Waals surface area (Å²) in [4.78, 5) is 0. The van der Waals surface area contributed by atoms with Gasteiger partial charge in [0.15, 0.2) is 0 Å². The molecule has 2 aromatic rings. The second-order valence-electron chi connectivity index (χ2n) is 13.0.